The van der Waals surface area contributed by atoms with Crippen molar-refractivity contribution in [2.75, 3.05) is 33.5 Å². The maximum absolute atomic E-state index is 13.1. The Bertz CT molecular complexity index is 1080. The number of carbonyl (C=O) groups is 2. The highest BCUT2D eigenvalue weighted by Gasteiger charge is 2.46. The molecule has 0 spiro atoms. The Morgan fingerprint density at radius 2 is 1.72 bits per heavy atom. The average Bonchev–Trinajstić information content (AvgIpc) is 3.13. The first-order chi connectivity index (χ1) is 17.4. The first-order valence-corrected chi connectivity index (χ1v) is 12.4. The second kappa shape index (κ2) is 13.0. The van der Waals surface area contributed by atoms with Gasteiger partial charge in [-0.05, 0) is 61.7 Å². The van der Waals surface area contributed by atoms with Crippen LogP contribution in [0.3, 0.4) is 0 Å². The van der Waals surface area contributed by atoms with Crippen LogP contribution in [0.1, 0.15) is 56.7 Å². The van der Waals surface area contributed by atoms with Gasteiger partial charge < -0.3 is 29.3 Å². The van der Waals surface area contributed by atoms with Crippen LogP contribution in [0.25, 0.3) is 5.76 Å². The van der Waals surface area contributed by atoms with Gasteiger partial charge in [0.15, 0.2) is 11.5 Å². The summed E-state index contributed by atoms with van der Waals surface area (Å²) in [6, 6.07) is 10.6. The number of hydrogen-bond donors (Lipinski definition) is 2. The topological polar surface area (TPSA) is 106 Å². The number of ether oxygens (including phenoxy) is 3. The standard InChI is InChI=1S/C28H35NO7/c1-4-6-7-17-36-21-12-9-19(10-13-21)26(31)24-25(20-11-14-22(30)23(18-20)35-5-2)29(15-8-16-34-3)28(33)27(24)32/h9-14,18,25,30-31H,4-8,15-17H2,1-3H3/b26-24-. The van der Waals surface area contributed by atoms with Gasteiger partial charge in [0, 0.05) is 25.8 Å². The maximum atomic E-state index is 13.1. The van der Waals surface area contributed by atoms with Crippen LogP contribution in [-0.2, 0) is 14.3 Å². The summed E-state index contributed by atoms with van der Waals surface area (Å²) in [6.45, 7) is 5.53. The van der Waals surface area contributed by atoms with Crippen molar-refractivity contribution in [2.24, 2.45) is 0 Å². The van der Waals surface area contributed by atoms with Crippen molar-refractivity contribution in [1.29, 1.82) is 0 Å². The SMILES string of the molecule is CCCCCOc1ccc(/C(O)=C2/C(=O)C(=O)N(CCCOC)C2c2ccc(O)c(OCC)c2)cc1. The van der Waals surface area contributed by atoms with Gasteiger partial charge in [-0.15, -0.1) is 0 Å². The number of benzene rings is 2. The first kappa shape index (κ1) is 27.1. The highest BCUT2D eigenvalue weighted by molar-refractivity contribution is 6.46. The molecule has 0 aromatic heterocycles. The number of hydrogen-bond acceptors (Lipinski definition) is 7. The number of unbranched alkanes of at least 4 members (excludes halogenated alkanes) is 2. The summed E-state index contributed by atoms with van der Waals surface area (Å²) in [5.41, 5.74) is 0.937. The number of carbonyl (C=O) groups excluding carboxylic acids is 2. The summed E-state index contributed by atoms with van der Waals surface area (Å²) in [5.74, 6) is -0.871. The third kappa shape index (κ3) is 6.18. The molecule has 8 nitrogen and oxygen atoms in total. The fourth-order valence-electron chi connectivity index (χ4n) is 4.21. The zero-order valence-corrected chi connectivity index (χ0v) is 21.2. The number of amides is 1. The number of aliphatic hydroxyl groups excluding tert-OH is 1. The van der Waals surface area contributed by atoms with Crippen LogP contribution in [0.2, 0.25) is 0 Å². The van der Waals surface area contributed by atoms with Crippen LogP contribution in [0, 0.1) is 0 Å². The van der Waals surface area contributed by atoms with E-state index in [4.69, 9.17) is 14.2 Å². The molecule has 1 aliphatic heterocycles. The Morgan fingerprint density at radius 1 is 0.972 bits per heavy atom. The molecule has 2 N–H and O–H groups in total. The number of rotatable bonds is 13. The van der Waals surface area contributed by atoms with Gasteiger partial charge in [0.1, 0.15) is 11.5 Å². The molecule has 0 radical (unpaired) electrons. The number of phenols is 1. The number of aromatic hydroxyl groups is 1. The van der Waals surface area contributed by atoms with E-state index in [2.05, 4.69) is 6.92 Å². The number of aliphatic hydroxyl groups is 1. The molecule has 0 aliphatic carbocycles. The summed E-state index contributed by atoms with van der Waals surface area (Å²) >= 11 is 0. The number of nitrogens with zero attached hydrogens (tertiary/aromatic N) is 1. The van der Waals surface area contributed by atoms with Crippen molar-refractivity contribution in [1.82, 2.24) is 4.90 Å². The van der Waals surface area contributed by atoms with Crippen molar-refractivity contribution in [2.45, 2.75) is 45.6 Å². The van der Waals surface area contributed by atoms with Crippen LogP contribution in [0.15, 0.2) is 48.0 Å². The zero-order valence-electron chi connectivity index (χ0n) is 21.2. The van der Waals surface area contributed by atoms with Crippen LogP contribution in [-0.4, -0.2) is 60.3 Å². The van der Waals surface area contributed by atoms with Gasteiger partial charge in [-0.1, -0.05) is 25.8 Å². The molecule has 1 aliphatic rings. The van der Waals surface area contributed by atoms with Gasteiger partial charge in [-0.25, -0.2) is 0 Å². The lowest BCUT2D eigenvalue weighted by atomic mass is 9.95. The van der Waals surface area contributed by atoms with Gasteiger partial charge in [0.05, 0.1) is 24.8 Å². The second-order valence-corrected chi connectivity index (χ2v) is 8.58. The Morgan fingerprint density at radius 3 is 2.39 bits per heavy atom. The number of ketones is 1. The van der Waals surface area contributed by atoms with Crippen molar-refractivity contribution >= 4 is 17.4 Å². The zero-order chi connectivity index (χ0) is 26.1. The monoisotopic (exact) mass is 497 g/mol. The molecule has 1 unspecified atom stereocenters. The van der Waals surface area contributed by atoms with Crippen LogP contribution < -0.4 is 9.47 Å². The number of likely N-dealkylation sites (tertiary alicyclic amines) is 1. The fourth-order valence-corrected chi connectivity index (χ4v) is 4.21. The molecule has 1 amide bonds. The molecule has 3 rings (SSSR count). The predicted molar refractivity (Wildman–Crippen MR) is 136 cm³/mol. The Hall–Kier alpha value is -3.52. The molecule has 1 fully saturated rings. The quantitative estimate of drug-likeness (QED) is 0.177. The predicted octanol–water partition coefficient (Wildman–Crippen LogP) is 4.82. The van der Waals surface area contributed by atoms with E-state index in [9.17, 15) is 19.8 Å². The molecule has 2 aromatic carbocycles. The minimum Gasteiger partial charge on any atom is -0.507 e. The molecule has 1 saturated heterocycles. The van der Waals surface area contributed by atoms with Crippen molar-refractivity contribution < 1.29 is 34.0 Å². The maximum Gasteiger partial charge on any atom is 0.295 e. The Kier molecular flexibility index (Phi) is 9.76. The van der Waals surface area contributed by atoms with Crippen molar-refractivity contribution in [3.63, 3.8) is 0 Å². The van der Waals surface area contributed by atoms with Gasteiger partial charge >= 0.3 is 0 Å². The summed E-state index contributed by atoms with van der Waals surface area (Å²) < 4.78 is 16.4. The highest BCUT2D eigenvalue weighted by atomic mass is 16.5. The Balaban J connectivity index is 2.00. The number of phenolic OH excluding ortho intramolecular Hbond substituents is 1. The second-order valence-electron chi connectivity index (χ2n) is 8.58. The molecule has 1 atom stereocenters. The largest absolute Gasteiger partial charge is 0.507 e. The van der Waals surface area contributed by atoms with Crippen molar-refractivity contribution in [3.8, 4) is 17.2 Å². The molecule has 36 heavy (non-hydrogen) atoms. The molecule has 194 valence electrons. The number of methoxy groups -OCH3 is 1. The summed E-state index contributed by atoms with van der Waals surface area (Å²) in [4.78, 5) is 27.6. The van der Waals surface area contributed by atoms with E-state index in [1.807, 2.05) is 0 Å². The minimum atomic E-state index is -0.841. The summed E-state index contributed by atoms with van der Waals surface area (Å²) in [7, 11) is 1.57. The lowest BCUT2D eigenvalue weighted by Crippen LogP contribution is -2.31. The third-order valence-electron chi connectivity index (χ3n) is 6.03. The van der Waals surface area contributed by atoms with E-state index in [1.165, 1.54) is 11.0 Å². The smallest absolute Gasteiger partial charge is 0.295 e. The normalized spacial score (nSPS) is 17.0. The van der Waals surface area contributed by atoms with E-state index in [0.29, 0.717) is 43.1 Å². The molecule has 0 saturated carbocycles. The fraction of sp³-hybridized carbons (Fsp3) is 0.429. The average molecular weight is 498 g/mol. The van der Waals surface area contributed by atoms with Crippen molar-refractivity contribution in [3.05, 3.63) is 59.2 Å². The van der Waals surface area contributed by atoms with Gasteiger partial charge in [0.25, 0.3) is 11.7 Å². The van der Waals surface area contributed by atoms with E-state index in [0.717, 1.165) is 19.3 Å². The molecule has 0 bridgehead atoms. The molecular weight excluding hydrogens is 462 g/mol. The van der Waals surface area contributed by atoms with E-state index >= 15 is 0 Å². The van der Waals surface area contributed by atoms with Crippen LogP contribution in [0.5, 0.6) is 17.2 Å². The lowest BCUT2D eigenvalue weighted by molar-refractivity contribution is -0.140. The van der Waals surface area contributed by atoms with E-state index in [-0.39, 0.29) is 29.4 Å². The molecule has 8 heteroatoms. The van der Waals surface area contributed by atoms with Crippen LogP contribution in [0.4, 0.5) is 0 Å². The molecular formula is C28H35NO7. The van der Waals surface area contributed by atoms with Crippen LogP contribution >= 0.6 is 0 Å². The van der Waals surface area contributed by atoms with E-state index < -0.39 is 17.7 Å². The van der Waals surface area contributed by atoms with E-state index in [1.54, 1.807) is 50.4 Å². The third-order valence-corrected chi connectivity index (χ3v) is 6.03. The van der Waals surface area contributed by atoms with Gasteiger partial charge in [-0.2, -0.15) is 0 Å². The molecule has 1 heterocycles. The summed E-state index contributed by atoms with van der Waals surface area (Å²) in [5, 5.41) is 21.4. The minimum absolute atomic E-state index is 0.0119. The summed E-state index contributed by atoms with van der Waals surface area (Å²) in [6.07, 6.45) is 3.67. The first-order valence-electron chi connectivity index (χ1n) is 12.4. The molecule has 2 aromatic rings. The highest BCUT2D eigenvalue weighted by Crippen LogP contribution is 2.42. The van der Waals surface area contributed by atoms with Gasteiger partial charge in [-0.3, -0.25) is 9.59 Å². The Labute approximate surface area is 212 Å². The lowest BCUT2D eigenvalue weighted by Gasteiger charge is -2.25. The van der Waals surface area contributed by atoms with Gasteiger partial charge in [0.2, 0.25) is 0 Å². The number of Topliss-reactive ketones (excluding diaryl/α,β-unsaturated/α-hetero) is 1.